The number of carboxylic acids is 1. The number of alkyl halides is 1. The van der Waals surface area contributed by atoms with Crippen molar-refractivity contribution in [2.45, 2.75) is 13.0 Å². The maximum Gasteiger partial charge on any atom is 0.345 e. The highest BCUT2D eigenvalue weighted by molar-refractivity contribution is 14.1. The van der Waals surface area contributed by atoms with Crippen LogP contribution in [0.2, 0.25) is 0 Å². The summed E-state index contributed by atoms with van der Waals surface area (Å²) in [5.41, 5.74) is 0. The van der Waals surface area contributed by atoms with Gasteiger partial charge in [0.25, 0.3) is 0 Å². The second-order valence-corrected chi connectivity index (χ2v) is 2.27. The molecule has 0 aromatic rings. The van der Waals surface area contributed by atoms with Crippen LogP contribution in [0.25, 0.3) is 0 Å². The fourth-order valence-electron chi connectivity index (χ4n) is 0.208. The SMILES string of the molecule is CC(OC#CCI)C(=O)O. The molecule has 0 saturated carbocycles. The monoisotopic (exact) mass is 254 g/mol. The van der Waals surface area contributed by atoms with E-state index in [2.05, 4.69) is 39.4 Å². The summed E-state index contributed by atoms with van der Waals surface area (Å²) in [5, 5.41) is 8.29. The van der Waals surface area contributed by atoms with Crippen LogP contribution in [0.5, 0.6) is 0 Å². The lowest BCUT2D eigenvalue weighted by Gasteiger charge is -1.99. The van der Waals surface area contributed by atoms with E-state index in [0.29, 0.717) is 4.43 Å². The molecule has 0 aromatic heterocycles. The van der Waals surface area contributed by atoms with Crippen molar-refractivity contribution in [3.8, 4) is 12.0 Å². The predicted octanol–water partition coefficient (Wildman–Crippen LogP) is 0.872. The van der Waals surface area contributed by atoms with Crippen LogP contribution in [-0.4, -0.2) is 21.6 Å². The second-order valence-electron chi connectivity index (χ2n) is 1.51. The van der Waals surface area contributed by atoms with E-state index in [9.17, 15) is 4.79 Å². The Labute approximate surface area is 72.9 Å². The molecule has 0 rings (SSSR count). The normalized spacial score (nSPS) is 11.0. The van der Waals surface area contributed by atoms with Gasteiger partial charge < -0.3 is 9.84 Å². The Morgan fingerprint density at radius 2 is 2.50 bits per heavy atom. The maximum atomic E-state index is 10.1. The smallest absolute Gasteiger partial charge is 0.345 e. The van der Waals surface area contributed by atoms with Crippen molar-refractivity contribution in [1.82, 2.24) is 0 Å². The molecule has 1 atom stereocenters. The molecule has 0 spiro atoms. The zero-order valence-electron chi connectivity index (χ0n) is 5.43. The third kappa shape index (κ3) is 4.44. The number of ether oxygens (including phenoxy) is 1. The molecule has 4 heteroatoms. The van der Waals surface area contributed by atoms with Crippen molar-refractivity contribution in [2.75, 3.05) is 4.43 Å². The predicted molar refractivity (Wildman–Crippen MR) is 44.8 cm³/mol. The highest BCUT2D eigenvalue weighted by atomic mass is 127. The summed E-state index contributed by atoms with van der Waals surface area (Å²) in [6.07, 6.45) is 1.44. The van der Waals surface area contributed by atoms with Gasteiger partial charge in [-0.3, -0.25) is 0 Å². The number of carboxylic acid groups (broad SMARTS) is 1. The molecule has 0 aliphatic carbocycles. The van der Waals surface area contributed by atoms with E-state index in [1.807, 2.05) is 0 Å². The first-order valence-corrected chi connectivity index (χ1v) is 4.13. The molecule has 0 bridgehead atoms. The molecule has 10 heavy (non-hydrogen) atoms. The standard InChI is InChI=1S/C6H7IO3/c1-5(6(8)9)10-4-2-3-7/h5H,3H2,1H3,(H,8,9). The van der Waals surface area contributed by atoms with E-state index in [1.54, 1.807) is 0 Å². The molecule has 0 amide bonds. The summed E-state index contributed by atoms with van der Waals surface area (Å²) in [4.78, 5) is 10.1. The van der Waals surface area contributed by atoms with Crippen molar-refractivity contribution in [3.63, 3.8) is 0 Å². The first-order valence-electron chi connectivity index (χ1n) is 2.60. The molecule has 0 radical (unpaired) electrons. The number of aliphatic carboxylic acids is 1. The summed E-state index contributed by atoms with van der Waals surface area (Å²) in [6.45, 7) is 1.43. The minimum atomic E-state index is -0.997. The molecule has 0 aromatic carbocycles. The molecule has 0 heterocycles. The molecule has 56 valence electrons. The van der Waals surface area contributed by atoms with Gasteiger partial charge in [-0.25, -0.2) is 4.79 Å². The Kier molecular flexibility index (Phi) is 5.12. The van der Waals surface area contributed by atoms with Crippen molar-refractivity contribution in [3.05, 3.63) is 0 Å². The first-order chi connectivity index (χ1) is 4.68. The fourth-order valence-corrected chi connectivity index (χ4v) is 0.363. The quantitative estimate of drug-likeness (QED) is 0.452. The van der Waals surface area contributed by atoms with Gasteiger partial charge in [-0.15, -0.1) is 0 Å². The van der Waals surface area contributed by atoms with E-state index in [-0.39, 0.29) is 0 Å². The summed E-state index contributed by atoms with van der Waals surface area (Å²) in [5.74, 6) is 1.59. The first kappa shape index (κ1) is 9.56. The van der Waals surface area contributed by atoms with Crippen molar-refractivity contribution in [2.24, 2.45) is 0 Å². The van der Waals surface area contributed by atoms with E-state index in [1.165, 1.54) is 6.92 Å². The Bertz CT molecular complexity index is 168. The van der Waals surface area contributed by atoms with E-state index < -0.39 is 12.1 Å². The van der Waals surface area contributed by atoms with Gasteiger partial charge >= 0.3 is 5.97 Å². The lowest BCUT2D eigenvalue weighted by atomic mass is 10.4. The molecule has 0 aliphatic heterocycles. The lowest BCUT2D eigenvalue weighted by molar-refractivity contribution is -0.145. The highest BCUT2D eigenvalue weighted by Crippen LogP contribution is 1.87. The van der Waals surface area contributed by atoms with Crippen LogP contribution in [0, 0.1) is 12.0 Å². The van der Waals surface area contributed by atoms with Crippen LogP contribution in [0.1, 0.15) is 6.92 Å². The van der Waals surface area contributed by atoms with Crippen molar-refractivity contribution in [1.29, 1.82) is 0 Å². The number of hydrogen-bond acceptors (Lipinski definition) is 2. The molecule has 3 nitrogen and oxygen atoms in total. The maximum absolute atomic E-state index is 10.1. The molecule has 0 fully saturated rings. The Hall–Kier alpha value is -0.440. The van der Waals surface area contributed by atoms with E-state index in [0.717, 1.165) is 0 Å². The number of carbonyl (C=O) groups is 1. The Balaban J connectivity index is 3.58. The topological polar surface area (TPSA) is 46.5 Å². The summed E-state index contributed by atoms with van der Waals surface area (Å²) in [7, 11) is 0. The molecular weight excluding hydrogens is 247 g/mol. The molecule has 1 unspecified atom stereocenters. The Morgan fingerprint density at radius 3 is 2.90 bits per heavy atom. The van der Waals surface area contributed by atoms with Crippen molar-refractivity contribution >= 4 is 28.6 Å². The second kappa shape index (κ2) is 5.35. The largest absolute Gasteiger partial charge is 0.478 e. The van der Waals surface area contributed by atoms with Crippen LogP contribution in [-0.2, 0) is 9.53 Å². The third-order valence-electron chi connectivity index (χ3n) is 0.722. The summed E-state index contributed by atoms with van der Waals surface area (Å²) in [6, 6.07) is 0. The zero-order chi connectivity index (χ0) is 7.98. The molecule has 0 aliphatic rings. The average molecular weight is 254 g/mol. The van der Waals surface area contributed by atoms with Crippen LogP contribution >= 0.6 is 22.6 Å². The zero-order valence-corrected chi connectivity index (χ0v) is 7.58. The summed E-state index contributed by atoms with van der Waals surface area (Å²) >= 11 is 2.05. The number of halogens is 1. The van der Waals surface area contributed by atoms with Gasteiger partial charge in [0, 0.05) is 0 Å². The molecular formula is C6H7IO3. The average Bonchev–Trinajstić information content (AvgIpc) is 1.88. The molecule has 0 saturated heterocycles. The minimum absolute atomic E-state index is 0.643. The van der Waals surface area contributed by atoms with Gasteiger partial charge in [-0.05, 0) is 12.8 Å². The fraction of sp³-hybridized carbons (Fsp3) is 0.500. The van der Waals surface area contributed by atoms with Gasteiger partial charge in [0.05, 0.1) is 4.43 Å². The van der Waals surface area contributed by atoms with Crippen molar-refractivity contribution < 1.29 is 14.6 Å². The van der Waals surface area contributed by atoms with Crippen LogP contribution in [0.15, 0.2) is 0 Å². The van der Waals surface area contributed by atoms with Crippen LogP contribution in [0.4, 0.5) is 0 Å². The van der Waals surface area contributed by atoms with Crippen LogP contribution < -0.4 is 0 Å². The number of rotatable bonds is 2. The van der Waals surface area contributed by atoms with Gasteiger partial charge in [-0.1, -0.05) is 22.6 Å². The van der Waals surface area contributed by atoms with E-state index in [4.69, 9.17) is 5.11 Å². The van der Waals surface area contributed by atoms with Gasteiger partial charge in [0.2, 0.25) is 6.10 Å². The number of hydrogen-bond donors (Lipinski definition) is 1. The summed E-state index contributed by atoms with van der Waals surface area (Å²) < 4.78 is 5.22. The van der Waals surface area contributed by atoms with E-state index >= 15 is 0 Å². The Morgan fingerprint density at radius 1 is 1.90 bits per heavy atom. The van der Waals surface area contributed by atoms with Gasteiger partial charge in [-0.2, -0.15) is 0 Å². The van der Waals surface area contributed by atoms with Crippen LogP contribution in [0.3, 0.4) is 0 Å². The molecule has 1 N–H and O–H groups in total. The minimum Gasteiger partial charge on any atom is -0.478 e. The van der Waals surface area contributed by atoms with Gasteiger partial charge in [0.1, 0.15) is 6.11 Å². The lowest BCUT2D eigenvalue weighted by Crippen LogP contribution is -2.17. The van der Waals surface area contributed by atoms with Gasteiger partial charge in [0.15, 0.2) is 0 Å². The highest BCUT2D eigenvalue weighted by Gasteiger charge is 2.08. The third-order valence-corrected chi connectivity index (χ3v) is 1.10.